The minimum absolute atomic E-state index is 0.344. The predicted molar refractivity (Wildman–Crippen MR) is 105 cm³/mol. The molecule has 1 aromatic rings. The zero-order valence-corrected chi connectivity index (χ0v) is 16.2. The molecule has 1 rings (SSSR count). The first kappa shape index (κ1) is 22.7. The van der Waals surface area contributed by atoms with Crippen molar-refractivity contribution in [2.24, 2.45) is 0 Å². The first-order valence-electron chi connectivity index (χ1n) is 9.81. The highest BCUT2D eigenvalue weighted by molar-refractivity contribution is 5.66. The van der Waals surface area contributed by atoms with Crippen molar-refractivity contribution in [2.75, 3.05) is 0 Å². The van der Waals surface area contributed by atoms with Gasteiger partial charge in [-0.25, -0.2) is 0 Å². The van der Waals surface area contributed by atoms with Gasteiger partial charge in [0.2, 0.25) is 0 Å². The molecule has 0 saturated carbocycles. The van der Waals surface area contributed by atoms with Crippen LogP contribution >= 0.6 is 0 Å². The van der Waals surface area contributed by atoms with Gasteiger partial charge in [-0.05, 0) is 20.3 Å². The molecule has 0 aliphatic heterocycles. The minimum Gasteiger partial charge on any atom is -0.481 e. The van der Waals surface area contributed by atoms with Crippen molar-refractivity contribution < 1.29 is 9.90 Å². The number of benzene rings is 1. The number of carbonyl (C=O) groups is 1. The van der Waals surface area contributed by atoms with E-state index in [-0.39, 0.29) is 0 Å². The Balaban J connectivity index is 0.000000546. The maximum Gasteiger partial charge on any atom is 0.303 e. The summed E-state index contributed by atoms with van der Waals surface area (Å²) in [7, 11) is 0. The molecule has 0 aliphatic carbocycles. The highest BCUT2D eigenvalue weighted by Gasteiger charge is 1.96. The van der Waals surface area contributed by atoms with E-state index in [1.807, 2.05) is 0 Å². The van der Waals surface area contributed by atoms with E-state index in [2.05, 4.69) is 45.0 Å². The van der Waals surface area contributed by atoms with Gasteiger partial charge < -0.3 is 5.11 Å². The third-order valence-corrected chi connectivity index (χ3v) is 4.21. The fourth-order valence-corrected chi connectivity index (χ4v) is 2.58. The van der Waals surface area contributed by atoms with Crippen LogP contribution in [0.3, 0.4) is 0 Å². The van der Waals surface area contributed by atoms with Crippen LogP contribution in [0.5, 0.6) is 0 Å². The lowest BCUT2D eigenvalue weighted by Gasteiger charge is -2.01. The van der Waals surface area contributed by atoms with Gasteiger partial charge in [-0.1, -0.05) is 107 Å². The van der Waals surface area contributed by atoms with Crippen LogP contribution in [0.15, 0.2) is 24.3 Å². The van der Waals surface area contributed by atoms with Gasteiger partial charge in [0.15, 0.2) is 0 Å². The maximum atomic E-state index is 10.3. The lowest BCUT2D eigenvalue weighted by atomic mass is 10.1. The molecule has 138 valence electrons. The van der Waals surface area contributed by atoms with Gasteiger partial charge in [-0.15, -0.1) is 0 Å². The van der Waals surface area contributed by atoms with Gasteiger partial charge in [-0.2, -0.15) is 0 Å². The number of hydrogen-bond donors (Lipinski definition) is 1. The number of hydrogen-bond acceptors (Lipinski definition) is 1. The molecule has 1 N–H and O–H groups in total. The number of carboxylic acid groups (broad SMARTS) is 1. The number of unbranched alkanes of at least 4 members (excludes halogenated alkanes) is 10. The predicted octanol–water partition coefficient (Wildman–Crippen LogP) is 7.08. The zero-order chi connectivity index (χ0) is 18.0. The Kier molecular flexibility index (Phi) is 15.6. The summed E-state index contributed by atoms with van der Waals surface area (Å²) in [6.07, 6.45) is 14.4. The molecule has 0 spiro atoms. The van der Waals surface area contributed by atoms with E-state index in [0.29, 0.717) is 6.42 Å². The molecular formula is C22H38O2. The molecule has 0 aliphatic rings. The van der Waals surface area contributed by atoms with E-state index in [1.54, 1.807) is 0 Å². The first-order chi connectivity index (χ1) is 11.6. The maximum absolute atomic E-state index is 10.3. The molecule has 0 aromatic heterocycles. The molecule has 0 heterocycles. The lowest BCUT2D eigenvalue weighted by molar-refractivity contribution is -0.137. The van der Waals surface area contributed by atoms with Gasteiger partial charge in [0.25, 0.3) is 0 Å². The summed E-state index contributed by atoms with van der Waals surface area (Å²) in [5.74, 6) is -0.657. The van der Waals surface area contributed by atoms with Crippen molar-refractivity contribution >= 4 is 5.97 Å². The largest absolute Gasteiger partial charge is 0.481 e. The molecule has 0 atom stereocenters. The topological polar surface area (TPSA) is 37.3 Å². The van der Waals surface area contributed by atoms with Crippen molar-refractivity contribution in [1.82, 2.24) is 0 Å². The lowest BCUT2D eigenvalue weighted by Crippen LogP contribution is -1.93. The van der Waals surface area contributed by atoms with Crippen LogP contribution < -0.4 is 0 Å². The first-order valence-corrected chi connectivity index (χ1v) is 9.81. The Morgan fingerprint density at radius 3 is 1.38 bits per heavy atom. The van der Waals surface area contributed by atoms with E-state index in [0.717, 1.165) is 12.8 Å². The van der Waals surface area contributed by atoms with Crippen molar-refractivity contribution in [2.45, 2.75) is 97.8 Å². The summed E-state index contributed by atoms with van der Waals surface area (Å²) in [4.78, 5) is 10.3. The van der Waals surface area contributed by atoms with E-state index >= 15 is 0 Å². The van der Waals surface area contributed by atoms with Crippen molar-refractivity contribution in [3.8, 4) is 0 Å². The standard InChI is InChI=1S/C14H28O2.C8H10/c1-2-3-4-5-6-7-8-9-10-11-12-13-14(15)16;1-7-3-5-8(2)6-4-7/h2-13H2,1H3,(H,15,16);3-6H,1-2H3. The minimum atomic E-state index is -0.657. The Bertz CT molecular complexity index is 374. The Morgan fingerprint density at radius 1 is 0.708 bits per heavy atom. The van der Waals surface area contributed by atoms with Crippen LogP contribution in [0.1, 0.15) is 95.1 Å². The molecule has 0 fully saturated rings. The smallest absolute Gasteiger partial charge is 0.303 e. The van der Waals surface area contributed by atoms with Gasteiger partial charge in [-0.3, -0.25) is 4.79 Å². The molecule has 2 nitrogen and oxygen atoms in total. The van der Waals surface area contributed by atoms with Gasteiger partial charge >= 0.3 is 5.97 Å². The monoisotopic (exact) mass is 334 g/mol. The third-order valence-electron chi connectivity index (χ3n) is 4.21. The SMILES string of the molecule is CCCCCCCCCCCCCC(=O)O.Cc1ccc(C)cc1. The van der Waals surface area contributed by atoms with E-state index in [4.69, 9.17) is 5.11 Å². The van der Waals surface area contributed by atoms with Crippen LogP contribution in [0.2, 0.25) is 0 Å². The summed E-state index contributed by atoms with van der Waals surface area (Å²) in [5.41, 5.74) is 2.66. The molecule has 0 amide bonds. The third kappa shape index (κ3) is 17.1. The highest BCUT2D eigenvalue weighted by atomic mass is 16.4. The number of carboxylic acids is 1. The van der Waals surface area contributed by atoms with Crippen molar-refractivity contribution in [3.63, 3.8) is 0 Å². The molecule has 24 heavy (non-hydrogen) atoms. The molecule has 0 radical (unpaired) electrons. The number of aryl methyl sites for hydroxylation is 2. The van der Waals surface area contributed by atoms with Gasteiger partial charge in [0.05, 0.1) is 0 Å². The van der Waals surface area contributed by atoms with Crippen LogP contribution in [0.4, 0.5) is 0 Å². The highest BCUT2D eigenvalue weighted by Crippen LogP contribution is 2.11. The summed E-state index contributed by atoms with van der Waals surface area (Å²) in [6.45, 7) is 6.44. The Hall–Kier alpha value is -1.31. The quantitative estimate of drug-likeness (QED) is 0.415. The summed E-state index contributed by atoms with van der Waals surface area (Å²) >= 11 is 0. The molecular weight excluding hydrogens is 296 g/mol. The summed E-state index contributed by atoms with van der Waals surface area (Å²) in [6, 6.07) is 8.48. The molecule has 2 heteroatoms. The molecule has 0 unspecified atom stereocenters. The zero-order valence-electron chi connectivity index (χ0n) is 16.2. The van der Waals surface area contributed by atoms with Crippen LogP contribution in [0, 0.1) is 13.8 Å². The second kappa shape index (κ2) is 16.5. The molecule has 1 aromatic carbocycles. The average molecular weight is 335 g/mol. The fourth-order valence-electron chi connectivity index (χ4n) is 2.58. The summed E-state index contributed by atoms with van der Waals surface area (Å²) < 4.78 is 0. The van der Waals surface area contributed by atoms with Crippen LogP contribution in [-0.4, -0.2) is 11.1 Å². The second-order valence-corrected chi connectivity index (χ2v) is 6.83. The van der Waals surface area contributed by atoms with Crippen LogP contribution in [0.25, 0.3) is 0 Å². The van der Waals surface area contributed by atoms with Gasteiger partial charge in [0, 0.05) is 6.42 Å². The molecule has 0 saturated heterocycles. The number of rotatable bonds is 12. The normalized spacial score (nSPS) is 10.1. The van der Waals surface area contributed by atoms with Crippen LogP contribution in [-0.2, 0) is 4.79 Å². The average Bonchev–Trinajstić information content (AvgIpc) is 2.56. The Labute approximate surface area is 149 Å². The number of aliphatic carboxylic acids is 1. The van der Waals surface area contributed by atoms with E-state index in [9.17, 15) is 4.79 Å². The van der Waals surface area contributed by atoms with E-state index < -0.39 is 5.97 Å². The van der Waals surface area contributed by atoms with E-state index in [1.165, 1.54) is 68.9 Å². The summed E-state index contributed by atoms with van der Waals surface area (Å²) in [5, 5.41) is 8.46. The fraction of sp³-hybridized carbons (Fsp3) is 0.682. The Morgan fingerprint density at radius 2 is 1.04 bits per heavy atom. The molecule has 0 bridgehead atoms. The van der Waals surface area contributed by atoms with Gasteiger partial charge in [0.1, 0.15) is 0 Å². The van der Waals surface area contributed by atoms with Crippen molar-refractivity contribution in [3.05, 3.63) is 35.4 Å². The van der Waals surface area contributed by atoms with Crippen molar-refractivity contribution in [1.29, 1.82) is 0 Å². The second-order valence-electron chi connectivity index (χ2n) is 6.83.